The summed E-state index contributed by atoms with van der Waals surface area (Å²) in [6.45, 7) is 3.70. The SMILES string of the molecule is Cc1cc(C(=O)Nc2ccccc2C#N)nc(N2CCCCCC2)n1. The first-order chi connectivity index (χ1) is 12.2. The normalized spacial score (nSPS) is 14.5. The first kappa shape index (κ1) is 16.9. The van der Waals surface area contributed by atoms with E-state index in [1.807, 2.05) is 6.92 Å². The smallest absolute Gasteiger partial charge is 0.274 e. The molecule has 1 N–H and O–H groups in total. The highest BCUT2D eigenvalue weighted by atomic mass is 16.1. The van der Waals surface area contributed by atoms with Gasteiger partial charge < -0.3 is 10.2 Å². The third-order valence-corrected chi connectivity index (χ3v) is 4.26. The highest BCUT2D eigenvalue weighted by Crippen LogP contribution is 2.18. The van der Waals surface area contributed by atoms with Gasteiger partial charge in [0.2, 0.25) is 5.95 Å². The number of carbonyl (C=O) groups is 1. The maximum absolute atomic E-state index is 12.6. The summed E-state index contributed by atoms with van der Waals surface area (Å²) in [6.07, 6.45) is 4.68. The molecule has 1 aliphatic rings. The van der Waals surface area contributed by atoms with Gasteiger partial charge in [0.1, 0.15) is 11.8 Å². The van der Waals surface area contributed by atoms with E-state index in [1.165, 1.54) is 12.8 Å². The lowest BCUT2D eigenvalue weighted by Crippen LogP contribution is -2.27. The summed E-state index contributed by atoms with van der Waals surface area (Å²) in [4.78, 5) is 23.7. The number of anilines is 2. The molecule has 1 aliphatic heterocycles. The molecule has 1 saturated heterocycles. The van der Waals surface area contributed by atoms with Crippen LogP contribution in [0.2, 0.25) is 0 Å². The quantitative estimate of drug-likeness (QED) is 0.931. The van der Waals surface area contributed by atoms with Crippen molar-refractivity contribution >= 4 is 17.5 Å². The van der Waals surface area contributed by atoms with Crippen LogP contribution in [0.25, 0.3) is 0 Å². The molecule has 0 saturated carbocycles. The number of carbonyl (C=O) groups excluding carboxylic acids is 1. The van der Waals surface area contributed by atoms with Crippen molar-refractivity contribution in [1.29, 1.82) is 5.26 Å². The summed E-state index contributed by atoms with van der Waals surface area (Å²) in [5.41, 5.74) is 1.99. The van der Waals surface area contributed by atoms with Gasteiger partial charge in [-0.25, -0.2) is 9.97 Å². The van der Waals surface area contributed by atoms with Gasteiger partial charge in [0.05, 0.1) is 11.3 Å². The van der Waals surface area contributed by atoms with Crippen LogP contribution >= 0.6 is 0 Å². The van der Waals surface area contributed by atoms with Gasteiger partial charge in [-0.1, -0.05) is 25.0 Å². The standard InChI is InChI=1S/C19H21N5O/c1-14-12-17(18(25)22-16-9-5-4-8-15(16)13-20)23-19(21-14)24-10-6-2-3-7-11-24/h4-5,8-9,12H,2-3,6-7,10-11H2,1H3,(H,22,25). The Hall–Kier alpha value is -2.94. The average molecular weight is 335 g/mol. The second-order valence-corrected chi connectivity index (χ2v) is 6.21. The van der Waals surface area contributed by atoms with E-state index in [4.69, 9.17) is 5.26 Å². The molecule has 3 rings (SSSR count). The Kier molecular flexibility index (Phi) is 5.24. The minimum atomic E-state index is -0.329. The molecule has 1 amide bonds. The molecule has 6 nitrogen and oxygen atoms in total. The van der Waals surface area contributed by atoms with Gasteiger partial charge in [-0.05, 0) is 38.0 Å². The molecule has 128 valence electrons. The van der Waals surface area contributed by atoms with Crippen molar-refractivity contribution in [2.45, 2.75) is 32.6 Å². The van der Waals surface area contributed by atoms with E-state index in [-0.39, 0.29) is 5.91 Å². The molecule has 2 heterocycles. The molecule has 1 aromatic carbocycles. The second kappa shape index (κ2) is 7.75. The number of hydrogen-bond donors (Lipinski definition) is 1. The summed E-state index contributed by atoms with van der Waals surface area (Å²) in [6, 6.07) is 10.7. The minimum absolute atomic E-state index is 0.319. The predicted molar refractivity (Wildman–Crippen MR) is 96.6 cm³/mol. The van der Waals surface area contributed by atoms with E-state index < -0.39 is 0 Å². The Morgan fingerprint density at radius 3 is 2.60 bits per heavy atom. The van der Waals surface area contributed by atoms with Gasteiger partial charge in [-0.15, -0.1) is 0 Å². The number of para-hydroxylation sites is 1. The highest BCUT2D eigenvalue weighted by Gasteiger charge is 2.17. The lowest BCUT2D eigenvalue weighted by Gasteiger charge is -2.21. The molecule has 1 fully saturated rings. The van der Waals surface area contributed by atoms with Crippen molar-refractivity contribution in [3.63, 3.8) is 0 Å². The van der Waals surface area contributed by atoms with Crippen molar-refractivity contribution in [3.05, 3.63) is 47.3 Å². The fraction of sp³-hybridized carbons (Fsp3) is 0.368. The maximum atomic E-state index is 12.6. The lowest BCUT2D eigenvalue weighted by atomic mass is 10.2. The molecule has 0 atom stereocenters. The van der Waals surface area contributed by atoms with Crippen LogP contribution in [0.3, 0.4) is 0 Å². The van der Waals surface area contributed by atoms with Crippen LogP contribution in [0.1, 0.15) is 47.4 Å². The topological polar surface area (TPSA) is 81.9 Å². The van der Waals surface area contributed by atoms with Crippen molar-refractivity contribution in [3.8, 4) is 6.07 Å². The van der Waals surface area contributed by atoms with E-state index >= 15 is 0 Å². The summed E-state index contributed by atoms with van der Waals surface area (Å²) < 4.78 is 0. The van der Waals surface area contributed by atoms with Crippen LogP contribution in [0, 0.1) is 18.3 Å². The van der Waals surface area contributed by atoms with Crippen molar-refractivity contribution in [2.75, 3.05) is 23.3 Å². The van der Waals surface area contributed by atoms with Crippen molar-refractivity contribution in [2.24, 2.45) is 0 Å². The largest absolute Gasteiger partial charge is 0.341 e. The van der Waals surface area contributed by atoms with E-state index in [0.29, 0.717) is 22.9 Å². The van der Waals surface area contributed by atoms with Crippen LogP contribution in [0.5, 0.6) is 0 Å². The molecular formula is C19H21N5O. The van der Waals surface area contributed by atoms with Crippen LogP contribution in [0.15, 0.2) is 30.3 Å². The van der Waals surface area contributed by atoms with Gasteiger partial charge in [0.15, 0.2) is 0 Å². The number of hydrogen-bond acceptors (Lipinski definition) is 5. The van der Waals surface area contributed by atoms with Crippen LogP contribution in [-0.2, 0) is 0 Å². The molecule has 6 heteroatoms. The Morgan fingerprint density at radius 1 is 1.16 bits per heavy atom. The molecule has 0 aliphatic carbocycles. The number of aryl methyl sites for hydroxylation is 1. The van der Waals surface area contributed by atoms with Gasteiger partial charge in [-0.2, -0.15) is 5.26 Å². The summed E-state index contributed by atoms with van der Waals surface area (Å²) in [5.74, 6) is 0.282. The fourth-order valence-corrected chi connectivity index (χ4v) is 2.96. The third kappa shape index (κ3) is 4.13. The molecule has 0 unspecified atom stereocenters. The zero-order valence-corrected chi connectivity index (χ0v) is 14.3. The maximum Gasteiger partial charge on any atom is 0.274 e. The molecule has 0 radical (unpaired) electrons. The second-order valence-electron chi connectivity index (χ2n) is 6.21. The summed E-state index contributed by atoms with van der Waals surface area (Å²) in [7, 11) is 0. The Morgan fingerprint density at radius 2 is 1.88 bits per heavy atom. The number of nitrogens with zero attached hydrogens (tertiary/aromatic N) is 4. The van der Waals surface area contributed by atoms with E-state index in [1.54, 1.807) is 30.3 Å². The van der Waals surface area contributed by atoms with Gasteiger partial charge >= 0.3 is 0 Å². The van der Waals surface area contributed by atoms with E-state index in [0.717, 1.165) is 31.6 Å². The first-order valence-electron chi connectivity index (χ1n) is 8.58. The molecule has 1 aromatic heterocycles. The molecule has 0 bridgehead atoms. The number of nitriles is 1. The number of benzene rings is 1. The molecular weight excluding hydrogens is 314 g/mol. The predicted octanol–water partition coefficient (Wildman–Crippen LogP) is 3.29. The average Bonchev–Trinajstić information content (AvgIpc) is 2.91. The van der Waals surface area contributed by atoms with Crippen LogP contribution in [-0.4, -0.2) is 29.0 Å². The van der Waals surface area contributed by atoms with E-state index in [2.05, 4.69) is 26.3 Å². The Labute approximate surface area is 147 Å². The minimum Gasteiger partial charge on any atom is -0.341 e. The zero-order valence-electron chi connectivity index (χ0n) is 14.3. The number of rotatable bonds is 3. The highest BCUT2D eigenvalue weighted by molar-refractivity contribution is 6.03. The number of aromatic nitrogens is 2. The van der Waals surface area contributed by atoms with Gasteiger partial charge in [0, 0.05) is 18.8 Å². The number of amides is 1. The Balaban J connectivity index is 1.84. The van der Waals surface area contributed by atoms with Crippen molar-refractivity contribution in [1.82, 2.24) is 9.97 Å². The molecule has 2 aromatic rings. The molecule has 0 spiro atoms. The van der Waals surface area contributed by atoms with Crippen LogP contribution in [0.4, 0.5) is 11.6 Å². The van der Waals surface area contributed by atoms with Gasteiger partial charge in [0.25, 0.3) is 5.91 Å². The van der Waals surface area contributed by atoms with Crippen molar-refractivity contribution < 1.29 is 4.79 Å². The van der Waals surface area contributed by atoms with Crippen LogP contribution < -0.4 is 10.2 Å². The summed E-state index contributed by atoms with van der Waals surface area (Å²) >= 11 is 0. The Bertz CT molecular complexity index is 804. The van der Waals surface area contributed by atoms with E-state index in [9.17, 15) is 4.79 Å². The lowest BCUT2D eigenvalue weighted by molar-refractivity contribution is 0.102. The summed E-state index contributed by atoms with van der Waals surface area (Å²) in [5, 5.41) is 11.9. The first-order valence-corrected chi connectivity index (χ1v) is 8.58. The van der Waals surface area contributed by atoms with Gasteiger partial charge in [-0.3, -0.25) is 4.79 Å². The number of nitrogens with one attached hydrogen (secondary N) is 1. The monoisotopic (exact) mass is 335 g/mol. The fourth-order valence-electron chi connectivity index (χ4n) is 2.96. The third-order valence-electron chi connectivity index (χ3n) is 4.26. The zero-order chi connectivity index (χ0) is 17.6. The molecule has 25 heavy (non-hydrogen) atoms.